The summed E-state index contributed by atoms with van der Waals surface area (Å²) < 4.78 is 5.27. The molecule has 0 N–H and O–H groups in total. The molecule has 1 heterocycles. The van der Waals surface area contributed by atoms with E-state index in [2.05, 4.69) is 26.8 Å². The van der Waals surface area contributed by atoms with Gasteiger partial charge >= 0.3 is 0 Å². The Labute approximate surface area is 127 Å². The van der Waals surface area contributed by atoms with Crippen molar-refractivity contribution in [2.45, 2.75) is 27.7 Å². The number of allylic oxidation sites excluding steroid dienone is 1. The molecule has 2 radical (unpaired) electrons. The predicted molar refractivity (Wildman–Crippen MR) is 44.5 cm³/mol. The van der Waals surface area contributed by atoms with Crippen LogP contribution in [0, 0.1) is 11.8 Å². The van der Waals surface area contributed by atoms with Crippen LogP contribution in [0.25, 0.3) is 0 Å². The van der Waals surface area contributed by atoms with Gasteiger partial charge in [-0.25, -0.2) is 0 Å². The molecule has 66 valence electrons. The summed E-state index contributed by atoms with van der Waals surface area (Å²) in [5.41, 5.74) is 0.251. The summed E-state index contributed by atoms with van der Waals surface area (Å²) in [5.74, 6) is 0.898. The van der Waals surface area contributed by atoms with Gasteiger partial charge < -0.3 is 11.2 Å². The Morgan fingerprint density at radius 1 is 1.42 bits per heavy atom. The fourth-order valence-electron chi connectivity index (χ4n) is 0.796. The summed E-state index contributed by atoms with van der Waals surface area (Å²) in [4.78, 5) is 0. The van der Waals surface area contributed by atoms with Crippen molar-refractivity contribution in [3.05, 3.63) is 18.8 Å². The molecule has 0 aromatic rings. The Kier molecular flexibility index (Phi) is 13.0. The number of rotatable bonds is 0. The Morgan fingerprint density at radius 2 is 1.92 bits per heavy atom. The molecule has 0 amide bonds. The van der Waals surface area contributed by atoms with E-state index in [4.69, 9.17) is 4.74 Å². The molecule has 1 saturated heterocycles. The van der Waals surface area contributed by atoms with Crippen LogP contribution in [-0.2, 0) is 70.2 Å². The molecular weight excluding hydrogens is 302 g/mol. The van der Waals surface area contributed by atoms with Crippen LogP contribution in [0.4, 0.5) is 0 Å². The van der Waals surface area contributed by atoms with Crippen LogP contribution >= 0.6 is 0 Å². The van der Waals surface area contributed by atoms with E-state index in [-0.39, 0.29) is 78.3 Å². The van der Waals surface area contributed by atoms with Crippen LogP contribution in [0.15, 0.2) is 12.3 Å². The first kappa shape index (κ1) is 19.3. The van der Waals surface area contributed by atoms with E-state index < -0.39 is 0 Å². The minimum Gasteiger partial charge on any atom is -0.503 e. The average molecular weight is 319 g/mol. The second-order valence-corrected chi connectivity index (χ2v) is 3.22. The van der Waals surface area contributed by atoms with Gasteiger partial charge in [0.05, 0.1) is 12.4 Å². The fourth-order valence-corrected chi connectivity index (χ4v) is 0.796. The van der Waals surface area contributed by atoms with Gasteiger partial charge in [-0.3, -0.25) is 0 Å². The van der Waals surface area contributed by atoms with Gasteiger partial charge in [0.1, 0.15) is 0 Å². The summed E-state index contributed by atoms with van der Waals surface area (Å²) in [5, 5.41) is 0. The predicted octanol–water partition coefficient (Wildman–Crippen LogP) is 2.78. The monoisotopic (exact) mass is 319 g/mol. The van der Waals surface area contributed by atoms with Gasteiger partial charge in [-0.15, -0.1) is 11.8 Å². The average Bonchev–Trinajstić information content (AvgIpc) is 1.78. The standard InChI is InChI=1S/C8H13O.CH4.2Y/c1-7-4-5-8(2,3)6-9-7;;;/h5H,1,4,6H2,2-3H3;1H4;;/q-1;;;. The van der Waals surface area contributed by atoms with Crippen molar-refractivity contribution in [3.63, 3.8) is 0 Å². The summed E-state index contributed by atoms with van der Waals surface area (Å²) in [6.07, 6.45) is 3.16. The smallest absolute Gasteiger partial charge is 0.0656 e. The van der Waals surface area contributed by atoms with E-state index in [1.54, 1.807) is 0 Å². The third kappa shape index (κ3) is 7.18. The first-order chi connectivity index (χ1) is 4.10. The fraction of sp³-hybridized carbons (Fsp3) is 0.667. The molecule has 1 fully saturated rings. The van der Waals surface area contributed by atoms with Crippen molar-refractivity contribution in [3.8, 4) is 0 Å². The van der Waals surface area contributed by atoms with Crippen molar-refractivity contribution in [1.82, 2.24) is 0 Å². The molecule has 0 unspecified atom stereocenters. The molecule has 3 heteroatoms. The third-order valence-corrected chi connectivity index (χ3v) is 1.53. The van der Waals surface area contributed by atoms with Crippen LogP contribution in [0.1, 0.15) is 27.7 Å². The van der Waals surface area contributed by atoms with E-state index in [0.717, 1.165) is 18.8 Å². The minimum atomic E-state index is 0. The van der Waals surface area contributed by atoms with Crippen LogP contribution in [0.3, 0.4) is 0 Å². The maximum atomic E-state index is 5.27. The molecule has 0 saturated carbocycles. The normalized spacial score (nSPS) is 19.0. The Balaban J connectivity index is -0.000000270. The van der Waals surface area contributed by atoms with Gasteiger partial charge in [-0.2, -0.15) is 0 Å². The van der Waals surface area contributed by atoms with E-state index in [0.29, 0.717) is 0 Å². The zero-order valence-corrected chi connectivity index (χ0v) is 12.9. The quantitative estimate of drug-likeness (QED) is 0.624. The topological polar surface area (TPSA) is 9.23 Å². The van der Waals surface area contributed by atoms with E-state index in [1.807, 2.05) is 0 Å². The summed E-state index contributed by atoms with van der Waals surface area (Å²) in [6.45, 7) is 8.84. The molecule has 0 atom stereocenters. The van der Waals surface area contributed by atoms with Gasteiger partial charge in [-0.05, 0) is 0 Å². The Bertz CT molecular complexity index is 120. The number of ether oxygens (including phenoxy) is 1. The first-order valence-electron chi connectivity index (χ1n) is 3.25. The second kappa shape index (κ2) is 8.09. The summed E-state index contributed by atoms with van der Waals surface area (Å²) in [6, 6.07) is 0. The SMILES string of the molecule is C.C=C1C[CH-]C(C)(C)CO1.[Y].[Y]. The van der Waals surface area contributed by atoms with Crippen molar-refractivity contribution in [2.75, 3.05) is 6.61 Å². The molecule has 1 aliphatic rings. The maximum Gasteiger partial charge on any atom is 0.0656 e. The van der Waals surface area contributed by atoms with E-state index in [1.165, 1.54) is 0 Å². The first-order valence-corrected chi connectivity index (χ1v) is 3.25. The maximum absolute atomic E-state index is 5.27. The Hall–Kier alpha value is 1.75. The van der Waals surface area contributed by atoms with Gasteiger partial charge in [0, 0.05) is 65.4 Å². The number of hydrogen-bond donors (Lipinski definition) is 0. The molecule has 0 aromatic carbocycles. The summed E-state index contributed by atoms with van der Waals surface area (Å²) >= 11 is 0. The molecular formula is C9H17OY2-. The zero-order chi connectivity index (χ0) is 6.91. The molecule has 1 aliphatic heterocycles. The largest absolute Gasteiger partial charge is 0.503 e. The van der Waals surface area contributed by atoms with Crippen molar-refractivity contribution < 1.29 is 70.2 Å². The molecule has 0 aliphatic carbocycles. The minimum absolute atomic E-state index is 0. The molecule has 1 nitrogen and oxygen atoms in total. The number of hydrogen-bond acceptors (Lipinski definition) is 1. The Morgan fingerprint density at radius 3 is 2.17 bits per heavy atom. The second-order valence-electron chi connectivity index (χ2n) is 3.22. The van der Waals surface area contributed by atoms with Crippen LogP contribution in [0.5, 0.6) is 0 Å². The molecule has 1 rings (SSSR count). The van der Waals surface area contributed by atoms with Crippen LogP contribution in [0.2, 0.25) is 0 Å². The molecule has 0 spiro atoms. The van der Waals surface area contributed by atoms with Gasteiger partial charge in [0.15, 0.2) is 0 Å². The molecule has 0 aromatic heterocycles. The van der Waals surface area contributed by atoms with Crippen molar-refractivity contribution >= 4 is 0 Å². The molecule has 12 heavy (non-hydrogen) atoms. The van der Waals surface area contributed by atoms with Crippen molar-refractivity contribution in [1.29, 1.82) is 0 Å². The third-order valence-electron chi connectivity index (χ3n) is 1.53. The van der Waals surface area contributed by atoms with Crippen molar-refractivity contribution in [2.24, 2.45) is 5.41 Å². The van der Waals surface area contributed by atoms with E-state index >= 15 is 0 Å². The van der Waals surface area contributed by atoms with Gasteiger partial charge in [0.25, 0.3) is 0 Å². The van der Waals surface area contributed by atoms with Crippen LogP contribution < -0.4 is 0 Å². The van der Waals surface area contributed by atoms with Crippen LogP contribution in [-0.4, -0.2) is 6.61 Å². The van der Waals surface area contributed by atoms with E-state index in [9.17, 15) is 0 Å². The summed E-state index contributed by atoms with van der Waals surface area (Å²) in [7, 11) is 0. The molecule has 0 bridgehead atoms. The zero-order valence-electron chi connectivity index (χ0n) is 7.26. The van der Waals surface area contributed by atoms with Gasteiger partial charge in [-0.1, -0.05) is 27.9 Å². The van der Waals surface area contributed by atoms with Gasteiger partial charge in [0.2, 0.25) is 0 Å².